The molecule has 1 unspecified atom stereocenters. The fourth-order valence-electron chi connectivity index (χ4n) is 4.03. The Morgan fingerprint density at radius 3 is 2.83 bits per heavy atom. The molecule has 24 heavy (non-hydrogen) atoms. The van der Waals surface area contributed by atoms with Crippen molar-refractivity contribution < 1.29 is 9.53 Å². The molecule has 1 amide bonds. The summed E-state index contributed by atoms with van der Waals surface area (Å²) in [5.74, 6) is 1.37. The second-order valence-electron chi connectivity index (χ2n) is 6.38. The molecule has 0 saturated carbocycles. The number of nitrogens with zero attached hydrogens (tertiary/aromatic N) is 4. The predicted octanol–water partition coefficient (Wildman–Crippen LogP) is 2.00. The standard InChI is InChI=1S/C18H20N4O2/c1-21-14-7-4-3-6-13(14)18(17(21)23)8-5-11-22(12-18)15-16(24-2)20-10-9-19-15/h3-4,6-7,9-10H,5,8,11-12H2,1-2H3. The quantitative estimate of drug-likeness (QED) is 0.846. The second-order valence-corrected chi connectivity index (χ2v) is 6.38. The van der Waals surface area contributed by atoms with Crippen molar-refractivity contribution in [1.82, 2.24) is 9.97 Å². The summed E-state index contributed by atoms with van der Waals surface area (Å²) >= 11 is 0. The maximum atomic E-state index is 13.1. The summed E-state index contributed by atoms with van der Waals surface area (Å²) in [6, 6.07) is 8.08. The molecular formula is C18H20N4O2. The molecule has 0 N–H and O–H groups in total. The molecule has 0 radical (unpaired) electrons. The van der Waals surface area contributed by atoms with Gasteiger partial charge in [0.25, 0.3) is 5.88 Å². The number of hydrogen-bond acceptors (Lipinski definition) is 5. The lowest BCUT2D eigenvalue weighted by Gasteiger charge is -2.40. The number of benzene rings is 1. The first-order valence-corrected chi connectivity index (χ1v) is 8.15. The highest BCUT2D eigenvalue weighted by molar-refractivity contribution is 6.08. The average Bonchev–Trinajstić information content (AvgIpc) is 2.84. The topological polar surface area (TPSA) is 58.6 Å². The minimum absolute atomic E-state index is 0.163. The number of likely N-dealkylation sites (N-methyl/N-ethyl adjacent to an activating group) is 1. The third-order valence-electron chi connectivity index (χ3n) is 5.13. The Kier molecular flexibility index (Phi) is 3.40. The average molecular weight is 324 g/mol. The molecule has 2 aliphatic rings. The van der Waals surface area contributed by atoms with Crippen LogP contribution in [0.2, 0.25) is 0 Å². The number of carbonyl (C=O) groups is 1. The molecule has 1 aromatic carbocycles. The van der Waals surface area contributed by atoms with E-state index in [1.807, 2.05) is 25.2 Å². The van der Waals surface area contributed by atoms with Crippen LogP contribution in [-0.4, -0.2) is 43.1 Å². The maximum absolute atomic E-state index is 13.1. The first-order valence-electron chi connectivity index (χ1n) is 8.15. The summed E-state index contributed by atoms with van der Waals surface area (Å²) < 4.78 is 5.36. The fourth-order valence-corrected chi connectivity index (χ4v) is 4.03. The molecule has 3 heterocycles. The minimum atomic E-state index is -0.508. The summed E-state index contributed by atoms with van der Waals surface area (Å²) in [7, 11) is 3.45. The van der Waals surface area contributed by atoms with Gasteiger partial charge in [0, 0.05) is 38.2 Å². The van der Waals surface area contributed by atoms with Crippen molar-refractivity contribution in [2.75, 3.05) is 37.0 Å². The van der Waals surface area contributed by atoms with Crippen LogP contribution in [0.25, 0.3) is 0 Å². The predicted molar refractivity (Wildman–Crippen MR) is 91.6 cm³/mol. The van der Waals surface area contributed by atoms with Gasteiger partial charge in [0.15, 0.2) is 5.82 Å². The Morgan fingerprint density at radius 2 is 2.00 bits per heavy atom. The molecule has 0 bridgehead atoms. The van der Waals surface area contributed by atoms with Crippen molar-refractivity contribution in [2.45, 2.75) is 18.3 Å². The highest BCUT2D eigenvalue weighted by atomic mass is 16.5. The highest BCUT2D eigenvalue weighted by Crippen LogP contribution is 2.47. The Morgan fingerprint density at radius 1 is 1.21 bits per heavy atom. The van der Waals surface area contributed by atoms with Gasteiger partial charge in [-0.05, 0) is 24.5 Å². The zero-order valence-electron chi connectivity index (χ0n) is 13.9. The minimum Gasteiger partial charge on any atom is -0.478 e. The van der Waals surface area contributed by atoms with E-state index in [1.165, 1.54) is 0 Å². The van der Waals surface area contributed by atoms with Crippen LogP contribution in [0, 0.1) is 0 Å². The van der Waals surface area contributed by atoms with Gasteiger partial charge in [0.1, 0.15) is 0 Å². The van der Waals surface area contributed by atoms with Gasteiger partial charge >= 0.3 is 0 Å². The van der Waals surface area contributed by atoms with Crippen LogP contribution in [-0.2, 0) is 10.2 Å². The largest absolute Gasteiger partial charge is 0.478 e. The van der Waals surface area contributed by atoms with Crippen LogP contribution >= 0.6 is 0 Å². The Bertz CT molecular complexity index is 794. The molecule has 124 valence electrons. The van der Waals surface area contributed by atoms with Gasteiger partial charge in [-0.3, -0.25) is 4.79 Å². The number of piperidine rings is 1. The summed E-state index contributed by atoms with van der Waals surface area (Å²) in [6.07, 6.45) is 5.06. The van der Waals surface area contributed by atoms with Gasteiger partial charge in [0.2, 0.25) is 5.91 Å². The number of rotatable bonds is 2. The normalized spacial score (nSPS) is 22.8. The number of anilines is 2. The van der Waals surface area contributed by atoms with Gasteiger partial charge in [-0.15, -0.1) is 0 Å². The van der Waals surface area contributed by atoms with Gasteiger partial charge in [0.05, 0.1) is 12.5 Å². The van der Waals surface area contributed by atoms with Crippen LogP contribution < -0.4 is 14.5 Å². The number of carbonyl (C=O) groups excluding carboxylic acids is 1. The van der Waals surface area contributed by atoms with Crippen molar-refractivity contribution in [2.24, 2.45) is 0 Å². The smallest absolute Gasteiger partial charge is 0.257 e. The summed E-state index contributed by atoms with van der Waals surface area (Å²) in [6.45, 7) is 1.44. The van der Waals surface area contributed by atoms with Crippen LogP contribution in [0.15, 0.2) is 36.7 Å². The molecule has 1 atom stereocenters. The first-order chi connectivity index (χ1) is 11.7. The van der Waals surface area contributed by atoms with E-state index in [0.29, 0.717) is 18.2 Å². The zero-order valence-corrected chi connectivity index (χ0v) is 13.9. The van der Waals surface area contributed by atoms with Crippen LogP contribution in [0.3, 0.4) is 0 Å². The van der Waals surface area contributed by atoms with Crippen molar-refractivity contribution in [1.29, 1.82) is 0 Å². The second kappa shape index (κ2) is 5.47. The maximum Gasteiger partial charge on any atom is 0.257 e. The van der Waals surface area contributed by atoms with Crippen LogP contribution in [0.5, 0.6) is 5.88 Å². The number of fused-ring (bicyclic) bond motifs is 2. The molecular weight excluding hydrogens is 304 g/mol. The Balaban J connectivity index is 1.77. The summed E-state index contributed by atoms with van der Waals surface area (Å²) in [5, 5.41) is 0. The van der Waals surface area contributed by atoms with Crippen LogP contribution in [0.1, 0.15) is 18.4 Å². The molecule has 1 saturated heterocycles. The lowest BCUT2D eigenvalue weighted by atomic mass is 9.75. The summed E-state index contributed by atoms with van der Waals surface area (Å²) in [5.41, 5.74) is 1.62. The number of amides is 1. The van der Waals surface area contributed by atoms with E-state index in [-0.39, 0.29) is 5.91 Å². The van der Waals surface area contributed by atoms with Crippen molar-refractivity contribution in [3.63, 3.8) is 0 Å². The van der Waals surface area contributed by atoms with E-state index >= 15 is 0 Å². The number of hydrogen-bond donors (Lipinski definition) is 0. The van der Waals surface area contributed by atoms with Gasteiger partial charge in [-0.25, -0.2) is 9.97 Å². The van der Waals surface area contributed by atoms with Gasteiger partial charge in [-0.2, -0.15) is 0 Å². The first kappa shape index (κ1) is 14.9. The molecule has 1 aromatic heterocycles. The highest BCUT2D eigenvalue weighted by Gasteiger charge is 2.52. The van der Waals surface area contributed by atoms with E-state index in [2.05, 4.69) is 20.9 Å². The van der Waals surface area contributed by atoms with E-state index < -0.39 is 5.41 Å². The third kappa shape index (κ3) is 1.99. The number of ether oxygens (including phenoxy) is 1. The Hall–Kier alpha value is -2.63. The molecule has 6 heteroatoms. The van der Waals surface area contributed by atoms with E-state index in [0.717, 1.165) is 30.6 Å². The lowest BCUT2D eigenvalue weighted by molar-refractivity contribution is -0.123. The lowest BCUT2D eigenvalue weighted by Crippen LogP contribution is -2.51. The molecule has 1 spiro atoms. The SMILES string of the molecule is COc1nccnc1N1CCCC2(C1)C(=O)N(C)c1ccccc12. The van der Waals surface area contributed by atoms with Crippen LogP contribution in [0.4, 0.5) is 11.5 Å². The van der Waals surface area contributed by atoms with Crippen molar-refractivity contribution in [3.05, 3.63) is 42.2 Å². The van der Waals surface area contributed by atoms with Crippen molar-refractivity contribution >= 4 is 17.4 Å². The third-order valence-corrected chi connectivity index (χ3v) is 5.13. The molecule has 2 aromatic rings. The number of methoxy groups -OCH3 is 1. The summed E-state index contributed by atoms with van der Waals surface area (Å²) in [4.78, 5) is 25.7. The fraction of sp³-hybridized carbons (Fsp3) is 0.389. The van der Waals surface area contributed by atoms with Gasteiger partial charge < -0.3 is 14.5 Å². The van der Waals surface area contributed by atoms with E-state index in [9.17, 15) is 4.79 Å². The van der Waals surface area contributed by atoms with Gasteiger partial charge in [-0.1, -0.05) is 18.2 Å². The Labute approximate surface area is 141 Å². The number of aromatic nitrogens is 2. The zero-order chi connectivity index (χ0) is 16.7. The molecule has 4 rings (SSSR count). The molecule has 0 aliphatic carbocycles. The molecule has 1 fully saturated rings. The van der Waals surface area contributed by atoms with E-state index in [1.54, 1.807) is 24.4 Å². The molecule has 6 nitrogen and oxygen atoms in total. The monoisotopic (exact) mass is 324 g/mol. The van der Waals surface area contributed by atoms with E-state index in [4.69, 9.17) is 4.74 Å². The number of para-hydroxylation sites is 1. The van der Waals surface area contributed by atoms with Crippen molar-refractivity contribution in [3.8, 4) is 5.88 Å². The molecule has 2 aliphatic heterocycles.